The number of hydrogen-bond acceptors (Lipinski definition) is 5. The Morgan fingerprint density at radius 2 is 2.03 bits per heavy atom. The lowest BCUT2D eigenvalue weighted by atomic mass is 9.99. The first-order chi connectivity index (χ1) is 14.0. The lowest BCUT2D eigenvalue weighted by Gasteiger charge is -2.15. The number of hydrogen-bond donors (Lipinski definition) is 2. The van der Waals surface area contributed by atoms with Crippen LogP contribution in [0.5, 0.6) is 11.5 Å². The third-order valence-corrected chi connectivity index (χ3v) is 5.71. The zero-order valence-electron chi connectivity index (χ0n) is 17.1. The van der Waals surface area contributed by atoms with Gasteiger partial charge in [-0.2, -0.15) is 0 Å². The summed E-state index contributed by atoms with van der Waals surface area (Å²) in [5.41, 5.74) is 0.434. The van der Waals surface area contributed by atoms with E-state index in [4.69, 9.17) is 21.7 Å². The van der Waals surface area contributed by atoms with Gasteiger partial charge in [0.2, 0.25) is 12.7 Å². The van der Waals surface area contributed by atoms with Crippen LogP contribution in [-0.2, 0) is 11.3 Å². The molecule has 8 heteroatoms. The Balaban J connectivity index is 1.59. The molecule has 7 nitrogen and oxygen atoms in total. The molecule has 1 aromatic carbocycles. The van der Waals surface area contributed by atoms with E-state index in [0.717, 1.165) is 19.4 Å². The molecule has 29 heavy (non-hydrogen) atoms. The molecule has 0 radical (unpaired) electrons. The molecule has 1 aliphatic heterocycles. The van der Waals surface area contributed by atoms with Gasteiger partial charge in [-0.3, -0.25) is 14.2 Å². The van der Waals surface area contributed by atoms with Gasteiger partial charge in [-0.05, 0) is 37.0 Å². The molecule has 3 rings (SSSR count). The molecule has 0 fully saturated rings. The molecule has 2 aromatic rings. The van der Waals surface area contributed by atoms with E-state index < -0.39 is 0 Å². The number of carbonyl (C=O) groups excluding carboxylic acids is 1. The Labute approximate surface area is 175 Å². The van der Waals surface area contributed by atoms with Gasteiger partial charge in [0, 0.05) is 25.6 Å². The normalized spacial score (nSPS) is 13.6. The van der Waals surface area contributed by atoms with Crippen molar-refractivity contribution in [2.75, 3.05) is 13.3 Å². The second kappa shape index (κ2) is 9.91. The molecule has 0 bridgehead atoms. The third-order valence-electron chi connectivity index (χ3n) is 5.39. The summed E-state index contributed by atoms with van der Waals surface area (Å²) in [6.45, 7) is 5.59. The number of aromatic nitrogens is 2. The molecule has 0 spiro atoms. The first-order valence-corrected chi connectivity index (χ1v) is 10.8. The lowest BCUT2D eigenvalue weighted by Crippen LogP contribution is -2.29. The van der Waals surface area contributed by atoms with Crippen LogP contribution in [0.25, 0.3) is 10.9 Å². The van der Waals surface area contributed by atoms with Gasteiger partial charge in [0.1, 0.15) is 0 Å². The summed E-state index contributed by atoms with van der Waals surface area (Å²) in [7, 11) is 0. The van der Waals surface area contributed by atoms with Crippen molar-refractivity contribution in [3.05, 3.63) is 27.3 Å². The highest BCUT2D eigenvalue weighted by molar-refractivity contribution is 7.71. The summed E-state index contributed by atoms with van der Waals surface area (Å²) in [5, 5.41) is 3.52. The van der Waals surface area contributed by atoms with Crippen LogP contribution in [0.2, 0.25) is 0 Å². The molecule has 1 aliphatic rings. The highest BCUT2D eigenvalue weighted by Gasteiger charge is 2.17. The number of fused-ring (bicyclic) bond motifs is 2. The van der Waals surface area contributed by atoms with E-state index in [0.29, 0.717) is 52.5 Å². The zero-order valence-corrected chi connectivity index (χ0v) is 17.9. The summed E-state index contributed by atoms with van der Waals surface area (Å²) in [6, 6.07) is 3.41. The predicted octanol–water partition coefficient (Wildman–Crippen LogP) is 3.90. The van der Waals surface area contributed by atoms with E-state index in [1.165, 1.54) is 17.4 Å². The van der Waals surface area contributed by atoms with E-state index in [-0.39, 0.29) is 18.3 Å². The van der Waals surface area contributed by atoms with Crippen LogP contribution in [0.4, 0.5) is 0 Å². The molecule has 2 heterocycles. The fourth-order valence-electron chi connectivity index (χ4n) is 3.53. The fraction of sp³-hybridized carbons (Fsp3) is 0.571. The number of unbranched alkanes of at least 4 members (excludes halogenated alkanes) is 1. The summed E-state index contributed by atoms with van der Waals surface area (Å²) < 4.78 is 12.6. The Kier molecular flexibility index (Phi) is 7.30. The van der Waals surface area contributed by atoms with Crippen molar-refractivity contribution in [1.29, 1.82) is 0 Å². The molecule has 0 saturated heterocycles. The summed E-state index contributed by atoms with van der Waals surface area (Å²) in [6.07, 6.45) is 5.49. The van der Waals surface area contributed by atoms with Crippen molar-refractivity contribution in [2.24, 2.45) is 5.92 Å². The number of carbonyl (C=O) groups is 1. The van der Waals surface area contributed by atoms with Gasteiger partial charge in [0.15, 0.2) is 16.3 Å². The minimum absolute atomic E-state index is 0.0204. The second-order valence-corrected chi connectivity index (χ2v) is 7.85. The number of amides is 1. The zero-order chi connectivity index (χ0) is 20.8. The summed E-state index contributed by atoms with van der Waals surface area (Å²) in [4.78, 5) is 28.1. The molecular weight excluding hydrogens is 390 g/mol. The first kappa shape index (κ1) is 21.4. The largest absolute Gasteiger partial charge is 0.454 e. The van der Waals surface area contributed by atoms with Crippen molar-refractivity contribution < 1.29 is 14.3 Å². The number of nitrogens with zero attached hydrogens (tertiary/aromatic N) is 1. The third kappa shape index (κ3) is 5.18. The van der Waals surface area contributed by atoms with Crippen LogP contribution >= 0.6 is 12.2 Å². The van der Waals surface area contributed by atoms with Crippen LogP contribution < -0.4 is 20.3 Å². The molecule has 1 amide bonds. The van der Waals surface area contributed by atoms with Crippen LogP contribution in [-0.4, -0.2) is 28.8 Å². The Morgan fingerprint density at radius 1 is 1.28 bits per heavy atom. The highest BCUT2D eigenvalue weighted by Crippen LogP contribution is 2.34. The Bertz CT molecular complexity index is 982. The maximum Gasteiger partial charge on any atom is 0.262 e. The van der Waals surface area contributed by atoms with E-state index >= 15 is 0 Å². The average Bonchev–Trinajstić information content (AvgIpc) is 3.16. The average molecular weight is 420 g/mol. The molecule has 1 atom stereocenters. The van der Waals surface area contributed by atoms with Gasteiger partial charge in [0.25, 0.3) is 5.56 Å². The minimum Gasteiger partial charge on any atom is -0.454 e. The monoisotopic (exact) mass is 419 g/mol. The highest BCUT2D eigenvalue weighted by atomic mass is 32.1. The number of nitrogens with one attached hydrogen (secondary N) is 2. The maximum atomic E-state index is 12.9. The molecule has 158 valence electrons. The number of benzene rings is 1. The van der Waals surface area contributed by atoms with E-state index in [1.54, 1.807) is 12.1 Å². The minimum atomic E-state index is -0.187. The predicted molar refractivity (Wildman–Crippen MR) is 115 cm³/mol. The number of ether oxygens (including phenoxy) is 2. The summed E-state index contributed by atoms with van der Waals surface area (Å²) in [5.74, 6) is 1.71. The van der Waals surface area contributed by atoms with Crippen LogP contribution in [0.3, 0.4) is 0 Å². The van der Waals surface area contributed by atoms with Crippen molar-refractivity contribution >= 4 is 29.0 Å². The van der Waals surface area contributed by atoms with E-state index in [2.05, 4.69) is 24.1 Å². The van der Waals surface area contributed by atoms with Gasteiger partial charge in [-0.1, -0.05) is 33.1 Å². The lowest BCUT2D eigenvalue weighted by molar-refractivity contribution is -0.121. The molecular formula is C21H29N3O4S. The van der Waals surface area contributed by atoms with Crippen LogP contribution in [0.15, 0.2) is 16.9 Å². The van der Waals surface area contributed by atoms with Crippen molar-refractivity contribution in [3.63, 3.8) is 0 Å². The van der Waals surface area contributed by atoms with Crippen molar-refractivity contribution in [3.8, 4) is 11.5 Å². The summed E-state index contributed by atoms with van der Waals surface area (Å²) >= 11 is 5.35. The molecule has 0 aliphatic carbocycles. The quantitative estimate of drug-likeness (QED) is 0.571. The fourth-order valence-corrected chi connectivity index (χ4v) is 3.82. The van der Waals surface area contributed by atoms with Gasteiger partial charge >= 0.3 is 0 Å². The SMILES string of the molecule is CCCC[C@H](CC)CNC(=O)CCCn1c(=S)[nH]c2cc3c(cc2c1=O)OCO3. The topological polar surface area (TPSA) is 85.4 Å². The number of aromatic amines is 1. The van der Waals surface area contributed by atoms with Gasteiger partial charge < -0.3 is 19.8 Å². The second-order valence-electron chi connectivity index (χ2n) is 7.46. The maximum absolute atomic E-state index is 12.9. The van der Waals surface area contributed by atoms with Gasteiger partial charge in [-0.25, -0.2) is 0 Å². The van der Waals surface area contributed by atoms with E-state index in [9.17, 15) is 9.59 Å². The van der Waals surface area contributed by atoms with Crippen LogP contribution in [0.1, 0.15) is 52.4 Å². The van der Waals surface area contributed by atoms with E-state index in [1.807, 2.05) is 0 Å². The van der Waals surface area contributed by atoms with Crippen molar-refractivity contribution in [2.45, 2.75) is 58.9 Å². The van der Waals surface area contributed by atoms with Crippen LogP contribution in [0, 0.1) is 10.7 Å². The first-order valence-electron chi connectivity index (χ1n) is 10.4. The molecule has 0 saturated carbocycles. The number of H-pyrrole nitrogens is 1. The number of rotatable bonds is 10. The Morgan fingerprint density at radius 3 is 2.76 bits per heavy atom. The molecule has 2 N–H and O–H groups in total. The standard InChI is InChI=1S/C21H29N3O4S/c1-3-5-7-14(4-2)12-22-19(25)8-6-9-24-20(26)15-10-17-18(28-13-27-17)11-16(15)23-21(24)29/h10-11,14H,3-9,12-13H2,1-2H3,(H,22,25)(H,23,29)/t14-/m0/s1. The molecule has 1 aromatic heterocycles. The van der Waals surface area contributed by atoms with Crippen molar-refractivity contribution in [1.82, 2.24) is 14.9 Å². The van der Waals surface area contributed by atoms with Gasteiger partial charge in [0.05, 0.1) is 10.9 Å². The smallest absolute Gasteiger partial charge is 0.262 e. The van der Waals surface area contributed by atoms with Gasteiger partial charge in [-0.15, -0.1) is 0 Å². The molecule has 0 unspecified atom stereocenters. The Hall–Kier alpha value is -2.35.